The molecule has 0 aromatic heterocycles. The van der Waals surface area contributed by atoms with Crippen molar-refractivity contribution in [2.24, 2.45) is 0 Å². The maximum atomic E-state index is 12.6. The molecule has 34 heavy (non-hydrogen) atoms. The Labute approximate surface area is 198 Å². The maximum Gasteiger partial charge on any atom is 0.407 e. The monoisotopic (exact) mass is 466 g/mol. The van der Waals surface area contributed by atoms with Crippen LogP contribution in [-0.4, -0.2) is 55.0 Å². The van der Waals surface area contributed by atoms with Crippen LogP contribution in [0.1, 0.15) is 49.1 Å². The van der Waals surface area contributed by atoms with E-state index >= 15 is 0 Å². The molecule has 1 fully saturated rings. The molecule has 0 radical (unpaired) electrons. The minimum Gasteiger partial charge on any atom is -0.481 e. The Balaban J connectivity index is 1.34. The van der Waals surface area contributed by atoms with E-state index in [1.54, 1.807) is 0 Å². The minimum atomic E-state index is -1.04. The summed E-state index contributed by atoms with van der Waals surface area (Å²) in [6, 6.07) is 15.1. The molecule has 8 nitrogen and oxygen atoms in total. The first kappa shape index (κ1) is 23.8. The van der Waals surface area contributed by atoms with Crippen molar-refractivity contribution >= 4 is 18.0 Å². The zero-order chi connectivity index (χ0) is 23.9. The highest BCUT2D eigenvalue weighted by molar-refractivity contribution is 5.86. The number of rotatable bonds is 10. The van der Waals surface area contributed by atoms with Crippen LogP contribution in [0, 0.1) is 0 Å². The molecular weight excluding hydrogens is 436 g/mol. The Morgan fingerprint density at radius 1 is 1.06 bits per heavy atom. The average Bonchev–Trinajstić information content (AvgIpc) is 3.46. The van der Waals surface area contributed by atoms with Crippen LogP contribution >= 0.6 is 0 Å². The summed E-state index contributed by atoms with van der Waals surface area (Å²) in [4.78, 5) is 36.3. The maximum absolute atomic E-state index is 12.6. The molecule has 4 rings (SSSR count). The molecule has 2 aliphatic rings. The Hall–Kier alpha value is -3.39. The summed E-state index contributed by atoms with van der Waals surface area (Å²) >= 11 is 0. The number of hydrogen-bond donors (Lipinski definition) is 3. The molecule has 0 saturated carbocycles. The predicted molar refractivity (Wildman–Crippen MR) is 125 cm³/mol. The number of carbonyl (C=O) groups is 3. The molecule has 2 atom stereocenters. The molecule has 1 saturated heterocycles. The van der Waals surface area contributed by atoms with Crippen molar-refractivity contribution in [3.05, 3.63) is 59.7 Å². The summed E-state index contributed by atoms with van der Waals surface area (Å²) in [5.74, 6) is -1.56. The molecule has 1 aliphatic carbocycles. The van der Waals surface area contributed by atoms with E-state index in [-0.39, 0.29) is 31.5 Å². The summed E-state index contributed by atoms with van der Waals surface area (Å²) in [7, 11) is 0. The molecule has 2 unspecified atom stereocenters. The molecule has 0 spiro atoms. The van der Waals surface area contributed by atoms with Crippen LogP contribution in [0.2, 0.25) is 0 Å². The summed E-state index contributed by atoms with van der Waals surface area (Å²) in [6.45, 7) is 1.26. The van der Waals surface area contributed by atoms with Gasteiger partial charge in [0.05, 0.1) is 6.10 Å². The fourth-order valence-electron chi connectivity index (χ4n) is 4.67. The van der Waals surface area contributed by atoms with Gasteiger partial charge in [-0.2, -0.15) is 0 Å². The van der Waals surface area contributed by atoms with Gasteiger partial charge in [0.2, 0.25) is 5.91 Å². The number of amides is 2. The van der Waals surface area contributed by atoms with Gasteiger partial charge >= 0.3 is 12.1 Å². The Morgan fingerprint density at radius 2 is 1.74 bits per heavy atom. The summed E-state index contributed by atoms with van der Waals surface area (Å²) in [5, 5.41) is 14.4. The quantitative estimate of drug-likeness (QED) is 0.494. The van der Waals surface area contributed by atoms with Gasteiger partial charge in [0.1, 0.15) is 12.6 Å². The lowest BCUT2D eigenvalue weighted by atomic mass is 9.98. The van der Waals surface area contributed by atoms with Crippen LogP contribution in [0.15, 0.2) is 48.5 Å². The number of benzene rings is 2. The van der Waals surface area contributed by atoms with Gasteiger partial charge in [0, 0.05) is 25.5 Å². The topological polar surface area (TPSA) is 114 Å². The number of carboxylic acid groups (broad SMARTS) is 1. The second kappa shape index (κ2) is 11.2. The number of carboxylic acids is 1. The molecule has 8 heteroatoms. The molecule has 2 aromatic carbocycles. The normalized spacial score (nSPS) is 17.5. The highest BCUT2D eigenvalue weighted by atomic mass is 16.5. The van der Waals surface area contributed by atoms with E-state index in [4.69, 9.17) is 14.6 Å². The number of alkyl carbamates (subject to hydrolysis) is 1. The largest absolute Gasteiger partial charge is 0.481 e. The number of aliphatic carboxylic acids is 1. The lowest BCUT2D eigenvalue weighted by Crippen LogP contribution is -2.47. The van der Waals surface area contributed by atoms with Crippen molar-refractivity contribution in [1.82, 2.24) is 10.6 Å². The number of nitrogens with one attached hydrogen (secondary N) is 2. The lowest BCUT2D eigenvalue weighted by Gasteiger charge is -2.20. The highest BCUT2D eigenvalue weighted by Gasteiger charge is 2.30. The smallest absolute Gasteiger partial charge is 0.407 e. The van der Waals surface area contributed by atoms with Crippen molar-refractivity contribution in [1.29, 1.82) is 0 Å². The highest BCUT2D eigenvalue weighted by Crippen LogP contribution is 2.44. The van der Waals surface area contributed by atoms with Crippen LogP contribution in [0.5, 0.6) is 0 Å². The summed E-state index contributed by atoms with van der Waals surface area (Å²) < 4.78 is 11.1. The predicted octanol–water partition coefficient (Wildman–Crippen LogP) is 3.44. The zero-order valence-corrected chi connectivity index (χ0v) is 19.0. The Bertz CT molecular complexity index is 988. The third-order valence-electron chi connectivity index (χ3n) is 6.39. The Morgan fingerprint density at radius 3 is 2.35 bits per heavy atom. The van der Waals surface area contributed by atoms with Crippen molar-refractivity contribution < 1.29 is 29.0 Å². The average molecular weight is 467 g/mol. The number of hydrogen-bond acceptors (Lipinski definition) is 5. The van der Waals surface area contributed by atoms with Gasteiger partial charge in [-0.25, -0.2) is 4.79 Å². The lowest BCUT2D eigenvalue weighted by molar-refractivity contribution is -0.137. The third kappa shape index (κ3) is 5.75. The van der Waals surface area contributed by atoms with E-state index < -0.39 is 24.0 Å². The van der Waals surface area contributed by atoms with Crippen LogP contribution in [0.25, 0.3) is 11.1 Å². The van der Waals surface area contributed by atoms with Gasteiger partial charge in [-0.05, 0) is 47.9 Å². The van der Waals surface area contributed by atoms with Gasteiger partial charge in [-0.3, -0.25) is 9.59 Å². The summed E-state index contributed by atoms with van der Waals surface area (Å²) in [5.41, 5.74) is 4.42. The van der Waals surface area contributed by atoms with E-state index in [1.165, 1.54) is 0 Å². The molecule has 180 valence electrons. The van der Waals surface area contributed by atoms with Gasteiger partial charge in [-0.15, -0.1) is 0 Å². The van der Waals surface area contributed by atoms with E-state index in [0.29, 0.717) is 13.0 Å². The van der Waals surface area contributed by atoms with E-state index in [9.17, 15) is 14.4 Å². The van der Waals surface area contributed by atoms with Gasteiger partial charge in [0.15, 0.2) is 0 Å². The molecule has 2 aromatic rings. The number of ether oxygens (including phenoxy) is 2. The van der Waals surface area contributed by atoms with Crippen LogP contribution in [-0.2, 0) is 19.1 Å². The first-order chi connectivity index (χ1) is 16.5. The molecule has 0 bridgehead atoms. The van der Waals surface area contributed by atoms with E-state index in [1.807, 2.05) is 36.4 Å². The number of fused-ring (bicyclic) bond motifs is 3. The fourth-order valence-corrected chi connectivity index (χ4v) is 4.67. The fraction of sp³-hybridized carbons (Fsp3) is 0.423. The molecular formula is C26H30N2O6. The molecule has 3 N–H and O–H groups in total. The number of carbonyl (C=O) groups excluding carboxylic acids is 2. The van der Waals surface area contributed by atoms with Crippen LogP contribution < -0.4 is 10.6 Å². The summed E-state index contributed by atoms with van der Waals surface area (Å²) in [6.07, 6.45) is 1.79. The van der Waals surface area contributed by atoms with E-state index in [0.717, 1.165) is 41.7 Å². The minimum absolute atomic E-state index is 0.0225. The zero-order valence-electron chi connectivity index (χ0n) is 19.0. The third-order valence-corrected chi connectivity index (χ3v) is 6.39. The molecule has 1 heterocycles. The standard InChI is InChI=1S/C26H30N2O6/c29-24(30)12-11-23(25(31)27-14-13-17-6-5-15-33-17)28-26(32)34-16-22-20-9-3-1-7-18(20)19-8-2-4-10-21(19)22/h1-4,7-10,17,22-23H,5-6,11-16H2,(H,27,31)(H,28,32)(H,29,30). The van der Waals surface area contributed by atoms with Crippen molar-refractivity contribution in [3.63, 3.8) is 0 Å². The van der Waals surface area contributed by atoms with Gasteiger partial charge < -0.3 is 25.2 Å². The Kier molecular flexibility index (Phi) is 7.80. The van der Waals surface area contributed by atoms with Gasteiger partial charge in [-0.1, -0.05) is 48.5 Å². The second-order valence-corrected chi connectivity index (χ2v) is 8.67. The van der Waals surface area contributed by atoms with Crippen LogP contribution in [0.4, 0.5) is 4.79 Å². The van der Waals surface area contributed by atoms with Crippen molar-refractivity contribution in [3.8, 4) is 11.1 Å². The van der Waals surface area contributed by atoms with Crippen molar-refractivity contribution in [2.75, 3.05) is 19.8 Å². The van der Waals surface area contributed by atoms with Crippen molar-refractivity contribution in [2.45, 2.75) is 50.2 Å². The van der Waals surface area contributed by atoms with Gasteiger partial charge in [0.25, 0.3) is 0 Å². The molecule has 1 aliphatic heterocycles. The first-order valence-electron chi connectivity index (χ1n) is 11.8. The molecule has 2 amide bonds. The van der Waals surface area contributed by atoms with Crippen LogP contribution in [0.3, 0.4) is 0 Å². The SMILES string of the molecule is O=C(O)CCC(NC(=O)OCC1c2ccccc2-c2ccccc21)C(=O)NCCC1CCCO1. The first-order valence-corrected chi connectivity index (χ1v) is 11.8. The van der Waals surface area contributed by atoms with E-state index in [2.05, 4.69) is 22.8 Å². The second-order valence-electron chi connectivity index (χ2n) is 8.67.